The maximum Gasteiger partial charge on any atom is 0.180 e. The van der Waals surface area contributed by atoms with Gasteiger partial charge in [0.2, 0.25) is 0 Å². The Kier molecular flexibility index (Phi) is 12.7. The first kappa shape index (κ1) is 54.6. The van der Waals surface area contributed by atoms with Gasteiger partial charge in [-0.15, -0.1) is 0 Å². The van der Waals surface area contributed by atoms with Crippen LogP contribution in [0.5, 0.6) is 0 Å². The number of hydrogen-bond acceptors (Lipinski definition) is 1. The van der Waals surface area contributed by atoms with E-state index in [1.54, 1.807) is 0 Å². The number of benzene rings is 16. The Balaban J connectivity index is 0.741. The quantitative estimate of drug-likeness (QED) is 0.125. The minimum absolute atomic E-state index is 0.903. The van der Waals surface area contributed by atoms with Crippen LogP contribution in [0.2, 0.25) is 0 Å². The number of aromatic nitrogens is 1. The summed E-state index contributed by atoms with van der Waals surface area (Å²) in [7, 11) is -3.03. The molecule has 0 amide bonds. The van der Waals surface area contributed by atoms with Crippen molar-refractivity contribution in [1.29, 1.82) is 0 Å². The van der Waals surface area contributed by atoms with Gasteiger partial charge in [0.15, 0.2) is 8.07 Å². The van der Waals surface area contributed by atoms with Gasteiger partial charge < -0.3 is 8.98 Å². The van der Waals surface area contributed by atoms with Crippen LogP contribution >= 0.6 is 0 Å². The second-order valence-electron chi connectivity index (χ2n) is 25.4. The van der Waals surface area contributed by atoms with Crippen molar-refractivity contribution >= 4 is 94.1 Å². The standard InChI is InChI=1S/C92H59NOSi/c1-3-20-74(21-4-1)95(75-22-5-2-6-23-75)90-58-72(80-29-15-30-84-81-26-11-12-31-89(81)94-92(80)84)48-52-82(90)83-53-51-73(59-91(83)95)93-87-54-49-70(64-36-32-60(33-37-64)62-40-44-68(45-41-62)78-27-13-18-66-16-7-9-24-76(66)78)56-85(87)86-57-71(50-55-88(86)93)65-38-34-61(35-39-65)63-42-46-69(47-43-63)79-28-14-19-67-17-8-10-25-77(67)79/h1-59H. The molecule has 0 radical (unpaired) electrons. The van der Waals surface area contributed by atoms with Crippen LogP contribution in [0.3, 0.4) is 0 Å². The van der Waals surface area contributed by atoms with E-state index in [2.05, 4.69) is 362 Å². The van der Waals surface area contributed by atoms with Gasteiger partial charge in [-0.25, -0.2) is 0 Å². The highest BCUT2D eigenvalue weighted by Gasteiger charge is 2.49. The van der Waals surface area contributed by atoms with Crippen molar-refractivity contribution in [2.75, 3.05) is 0 Å². The molecule has 0 bridgehead atoms. The van der Waals surface area contributed by atoms with Crippen LogP contribution in [0.4, 0.5) is 0 Å². The Morgan fingerprint density at radius 3 is 1.13 bits per heavy atom. The van der Waals surface area contributed by atoms with Crippen LogP contribution < -0.4 is 20.7 Å². The summed E-state index contributed by atoms with van der Waals surface area (Å²) >= 11 is 0. The number of fused-ring (bicyclic) bond motifs is 11. The fourth-order valence-electron chi connectivity index (χ4n) is 15.8. The summed E-state index contributed by atoms with van der Waals surface area (Å²) in [6.45, 7) is 0. The summed E-state index contributed by atoms with van der Waals surface area (Å²) in [5.41, 5.74) is 24.5. The Hall–Kier alpha value is -12.1. The number of furan rings is 1. The van der Waals surface area contributed by atoms with Gasteiger partial charge in [0.1, 0.15) is 11.2 Å². The van der Waals surface area contributed by atoms with Crippen molar-refractivity contribution < 1.29 is 4.42 Å². The molecule has 442 valence electrons. The molecule has 3 heteroatoms. The molecule has 3 heterocycles. The molecule has 95 heavy (non-hydrogen) atoms. The highest BCUT2D eigenvalue weighted by atomic mass is 28.3. The molecule has 18 aromatic rings. The van der Waals surface area contributed by atoms with Gasteiger partial charge in [-0.3, -0.25) is 0 Å². The predicted octanol–water partition coefficient (Wildman–Crippen LogP) is 22.0. The first-order valence-corrected chi connectivity index (χ1v) is 34.9. The van der Waals surface area contributed by atoms with E-state index in [-0.39, 0.29) is 0 Å². The molecule has 0 saturated carbocycles. The minimum Gasteiger partial charge on any atom is -0.455 e. The smallest absolute Gasteiger partial charge is 0.180 e. The molecule has 0 saturated heterocycles. The first-order valence-electron chi connectivity index (χ1n) is 32.9. The fourth-order valence-corrected chi connectivity index (χ4v) is 21.0. The lowest BCUT2D eigenvalue weighted by atomic mass is 9.95. The first-order chi connectivity index (χ1) is 47.1. The van der Waals surface area contributed by atoms with Gasteiger partial charge in [0.25, 0.3) is 0 Å². The topological polar surface area (TPSA) is 18.1 Å². The van der Waals surface area contributed by atoms with Crippen LogP contribution in [0, 0.1) is 0 Å². The molecule has 0 spiro atoms. The maximum absolute atomic E-state index is 6.73. The number of hydrogen-bond donors (Lipinski definition) is 0. The number of para-hydroxylation sites is 2. The van der Waals surface area contributed by atoms with Crippen LogP contribution in [0.1, 0.15) is 0 Å². The van der Waals surface area contributed by atoms with Crippen molar-refractivity contribution in [2.45, 2.75) is 0 Å². The van der Waals surface area contributed by atoms with Gasteiger partial charge in [-0.2, -0.15) is 0 Å². The molecular weight excluding hydrogens is 1160 g/mol. The third-order valence-electron chi connectivity index (χ3n) is 20.3. The molecule has 0 aliphatic carbocycles. The number of rotatable bonds is 10. The van der Waals surface area contributed by atoms with E-state index in [0.717, 1.165) is 49.8 Å². The minimum atomic E-state index is -3.03. The van der Waals surface area contributed by atoms with Crippen molar-refractivity contribution in [2.24, 2.45) is 0 Å². The Labute approximate surface area is 552 Å². The largest absolute Gasteiger partial charge is 0.455 e. The lowest BCUT2D eigenvalue weighted by Gasteiger charge is -2.32. The van der Waals surface area contributed by atoms with E-state index >= 15 is 0 Å². The summed E-state index contributed by atoms with van der Waals surface area (Å²) in [4.78, 5) is 0. The lowest BCUT2D eigenvalue weighted by Crippen LogP contribution is -2.72. The van der Waals surface area contributed by atoms with E-state index in [9.17, 15) is 0 Å². The zero-order valence-corrected chi connectivity index (χ0v) is 52.9. The second kappa shape index (κ2) is 22.0. The monoisotopic (exact) mass is 1220 g/mol. The molecule has 0 atom stereocenters. The third kappa shape index (κ3) is 8.85. The molecule has 1 aliphatic rings. The lowest BCUT2D eigenvalue weighted by molar-refractivity contribution is 0.670. The predicted molar refractivity (Wildman–Crippen MR) is 404 cm³/mol. The van der Waals surface area contributed by atoms with E-state index in [4.69, 9.17) is 4.42 Å². The normalized spacial score (nSPS) is 12.5. The van der Waals surface area contributed by atoms with E-state index in [0.29, 0.717) is 0 Å². The van der Waals surface area contributed by atoms with Crippen LogP contribution in [-0.2, 0) is 0 Å². The van der Waals surface area contributed by atoms with E-state index < -0.39 is 8.07 Å². The van der Waals surface area contributed by atoms with Crippen molar-refractivity contribution in [3.8, 4) is 94.7 Å². The average Bonchev–Trinajstić information content (AvgIpc) is 1.53. The average molecular weight is 1220 g/mol. The SMILES string of the molecule is c1ccc([Si]2(c3ccccc3)c3cc(-c4cccc5c4oc4ccccc45)ccc3-c3ccc(-n4c5ccc(-c6ccc(-c7ccc(-c8cccc9ccccc89)cc7)cc6)cc5c5cc(-c6ccc(-c7ccc(-c8cccc9ccccc89)cc7)cc6)ccc54)cc32)cc1. The number of nitrogens with zero attached hydrogens (tertiary/aromatic N) is 1. The maximum atomic E-state index is 6.73. The van der Waals surface area contributed by atoms with Gasteiger partial charge in [-0.05, 0) is 168 Å². The summed E-state index contributed by atoms with van der Waals surface area (Å²) < 4.78 is 9.26. The van der Waals surface area contributed by atoms with Crippen LogP contribution in [0.25, 0.3) is 160 Å². The third-order valence-corrected chi connectivity index (χ3v) is 25.2. The summed E-state index contributed by atoms with van der Waals surface area (Å²) in [5, 5.41) is 15.2. The Morgan fingerprint density at radius 1 is 0.221 bits per heavy atom. The second-order valence-corrected chi connectivity index (χ2v) is 29.1. The summed E-state index contributed by atoms with van der Waals surface area (Å²) in [5.74, 6) is 0. The Bertz CT molecular complexity index is 5770. The van der Waals surface area contributed by atoms with Gasteiger partial charge in [-0.1, -0.05) is 315 Å². The Morgan fingerprint density at radius 2 is 0.600 bits per heavy atom. The molecule has 16 aromatic carbocycles. The fraction of sp³-hybridized carbons (Fsp3) is 0. The highest BCUT2D eigenvalue weighted by molar-refractivity contribution is 7.22. The van der Waals surface area contributed by atoms with Crippen LogP contribution in [-0.4, -0.2) is 12.6 Å². The van der Waals surface area contributed by atoms with Crippen molar-refractivity contribution in [3.63, 3.8) is 0 Å². The molecular formula is C92H59NOSi. The molecule has 0 unspecified atom stereocenters. The molecule has 2 aromatic heterocycles. The van der Waals surface area contributed by atoms with Gasteiger partial charge in [0, 0.05) is 32.8 Å². The summed E-state index contributed by atoms with van der Waals surface area (Å²) in [6, 6.07) is 133. The molecule has 0 fully saturated rings. The van der Waals surface area contributed by atoms with Crippen LogP contribution in [0.15, 0.2) is 362 Å². The molecule has 2 nitrogen and oxygen atoms in total. The molecule has 19 rings (SSSR count). The van der Waals surface area contributed by atoms with E-state index in [1.165, 1.54) is 131 Å². The van der Waals surface area contributed by atoms with Crippen molar-refractivity contribution in [3.05, 3.63) is 358 Å². The zero-order chi connectivity index (χ0) is 62.6. The summed E-state index contributed by atoms with van der Waals surface area (Å²) in [6.07, 6.45) is 0. The van der Waals surface area contributed by atoms with Crippen molar-refractivity contribution in [1.82, 2.24) is 4.57 Å². The van der Waals surface area contributed by atoms with E-state index in [1.807, 2.05) is 0 Å². The van der Waals surface area contributed by atoms with Gasteiger partial charge in [0.05, 0.1) is 11.0 Å². The van der Waals surface area contributed by atoms with Gasteiger partial charge >= 0.3 is 0 Å². The zero-order valence-electron chi connectivity index (χ0n) is 51.9. The molecule has 0 N–H and O–H groups in total. The molecule has 1 aliphatic heterocycles. The highest BCUT2D eigenvalue weighted by Crippen LogP contribution is 2.43.